The molecule has 46 heteroatoms. The molecule has 4 saturated carbocycles. The quantitative estimate of drug-likeness (QED) is 0.0216. The van der Waals surface area contributed by atoms with Crippen LogP contribution in [0.2, 0.25) is 0 Å². The minimum atomic E-state index is -1.04. The highest BCUT2D eigenvalue weighted by molar-refractivity contribution is 6.03. The Morgan fingerprint density at radius 1 is 0.429 bits per heavy atom. The van der Waals surface area contributed by atoms with Crippen molar-refractivity contribution in [2.75, 3.05) is 130 Å². The maximum absolute atomic E-state index is 14.4. The number of halogens is 6. The van der Waals surface area contributed by atoms with E-state index in [0.29, 0.717) is 134 Å². The number of hydrogen-bond donors (Lipinski definition) is 12. The minimum Gasteiger partial charge on any atom is -0.379 e. The number of pyridine rings is 4. The Morgan fingerprint density at radius 3 is 1.14 bits per heavy atom. The average Bonchev–Trinajstić information content (AvgIpc) is 1.66. The molecule has 40 nitrogen and oxygen atoms in total. The molecule has 16 heterocycles. The first-order chi connectivity index (χ1) is 64.5. The predicted octanol–water partition coefficient (Wildman–Crippen LogP) is 8.08. The SMILES string of the molecule is CNc1cc(Nc2cc(F)cn([C@H]3CCCOC3)c2=O)nc2c(C(=O)N[C@H]3C[C@H]3F)cnn12.CNc1cc(Nc2cccn(C3CCN(CCF)CC3)c2=O)nc2c(C(=O)N[C@H]3C[C@H]3F)cnn12.CNc1cc(Nc2cccn(C[C@@H]3CCCCO3)c2=O)nc2c(C(=O)N[C@@H]3C[C@@H]3F)cnn12.CNc1cc(Nc2cccn([C@@H]3CCCOC3)c2=O)nc2c(C(=O)N[C@@H]3C[C@@H]3F)cnn12. The van der Waals surface area contributed by atoms with Gasteiger partial charge in [0.15, 0.2) is 22.6 Å². The second-order valence-corrected chi connectivity index (χ2v) is 33.5. The Kier molecular flexibility index (Phi) is 27.3. The zero-order valence-corrected chi connectivity index (χ0v) is 73.0. The average molecular weight is 1840 g/mol. The van der Waals surface area contributed by atoms with Crippen molar-refractivity contribution in [2.45, 2.75) is 163 Å². The van der Waals surface area contributed by atoms with Gasteiger partial charge in [-0.25, -0.2) is 46.3 Å². The number of carbonyl (C=O) groups is 4. The third-order valence-corrected chi connectivity index (χ3v) is 24.1. The Labute approximate surface area is 753 Å². The molecule has 0 spiro atoms. The Morgan fingerprint density at radius 2 is 0.789 bits per heavy atom. The van der Waals surface area contributed by atoms with E-state index >= 15 is 0 Å². The van der Waals surface area contributed by atoms with Crippen LogP contribution in [0, 0.1) is 5.82 Å². The highest BCUT2D eigenvalue weighted by Gasteiger charge is 2.43. The van der Waals surface area contributed by atoms with Crippen molar-refractivity contribution in [2.24, 2.45) is 0 Å². The number of alkyl halides is 5. The second kappa shape index (κ2) is 40.0. The molecule has 4 aliphatic heterocycles. The van der Waals surface area contributed by atoms with Crippen molar-refractivity contribution in [1.82, 2.24) is 103 Å². The molecule has 8 fully saturated rings. The predicted molar refractivity (Wildman–Crippen MR) is 482 cm³/mol. The number of carbonyl (C=O) groups excluding carboxylic acids is 4. The number of likely N-dealkylation sites (tertiary alicyclic amines) is 1. The molecule has 0 aromatic carbocycles. The van der Waals surface area contributed by atoms with E-state index in [9.17, 15) is 64.7 Å². The first-order valence-electron chi connectivity index (χ1n) is 44.2. The van der Waals surface area contributed by atoms with E-state index in [4.69, 9.17) is 14.2 Å². The van der Waals surface area contributed by atoms with E-state index in [1.165, 1.54) is 53.6 Å². The maximum atomic E-state index is 14.4. The standard InChI is InChI=1S/C23H28F2N8O2.C22H26FN7O3.C21H23F2N7O3.C21H24FN7O3/c1-26-20-12-19(30-21-15(13-27-33(20)21)22(34)29-18-11-16(18)25)28-17-3-2-7-32(23(17)35)14-4-8-31(9-5-14)10-6-24;1-24-19-10-18(28-20-14(11-25-30(19)20)21(31)27-17-9-15(17)23)26-16-6-4-7-29(22(16)32)12-13-5-2-3-8-33-13;1-24-18-7-17(28-19-13(8-25-30(18)19)20(31)27-15-6-14(15)23)26-16-5-11(22)9-29(21(16)32)12-3-2-4-33-10-12;1-23-18-9-17(25-15-5-2-6-28(21(15)31)12-4-3-7-32-11-12)27-19-13(10-24-29(18)19)20(30)26-16-8-14(16)22/h2-3,7,12-14,16,18,26H,4-6,8-11H2,1H3,(H,28,30)(H,29,34);4,6-7,10-11,13,15,17,24H,2-3,5,8-9,12H2,1H3,(H,26,28)(H,27,31);5,7-9,12,14-15,24H,2-4,6,10H2,1H3,(H,26,28)(H,27,31);2,5-6,9-10,12,14,16,23H,3-4,7-8,11H2,1H3,(H,25,27)(H,26,30)/t16-,18+;13-,15-,17+;12-,14+,15-;12-,14+,16-/m1001/s1. The van der Waals surface area contributed by atoms with Gasteiger partial charge in [0.1, 0.15) is 129 Å². The highest BCUT2D eigenvalue weighted by Crippen LogP contribution is 2.34. The van der Waals surface area contributed by atoms with E-state index in [1.807, 2.05) is 0 Å². The number of piperidine rings is 1. The van der Waals surface area contributed by atoms with Crippen LogP contribution < -0.4 is 86.0 Å². The fourth-order valence-corrected chi connectivity index (χ4v) is 16.3. The van der Waals surface area contributed by atoms with Gasteiger partial charge < -0.3 is 101 Å². The van der Waals surface area contributed by atoms with Gasteiger partial charge >= 0.3 is 0 Å². The molecule has 133 heavy (non-hydrogen) atoms. The van der Waals surface area contributed by atoms with Crippen molar-refractivity contribution < 1.29 is 59.7 Å². The number of aromatic nitrogens is 16. The summed E-state index contributed by atoms with van der Waals surface area (Å²) in [5, 5.41) is 51.5. The number of anilines is 12. The summed E-state index contributed by atoms with van der Waals surface area (Å²) in [5.74, 6) is 1.12. The zero-order chi connectivity index (χ0) is 92.8. The third-order valence-electron chi connectivity index (χ3n) is 24.1. The molecule has 12 aromatic rings. The van der Waals surface area contributed by atoms with Crippen molar-refractivity contribution in [3.63, 3.8) is 0 Å². The fraction of sp³-hybridized carbons (Fsp3) is 0.448. The van der Waals surface area contributed by atoms with Crippen LogP contribution in [0.1, 0.15) is 143 Å². The van der Waals surface area contributed by atoms with Crippen LogP contribution in [0.15, 0.2) is 135 Å². The van der Waals surface area contributed by atoms with Crippen LogP contribution in [0.5, 0.6) is 0 Å². The van der Waals surface area contributed by atoms with Crippen LogP contribution in [-0.4, -0.2) is 248 Å². The van der Waals surface area contributed by atoms with Crippen LogP contribution in [-0.2, 0) is 20.8 Å². The molecule has 20 rings (SSSR count). The molecule has 4 amide bonds. The Hall–Kier alpha value is -14.0. The molecule has 4 saturated heterocycles. The number of ether oxygens (including phenoxy) is 3. The lowest BCUT2D eigenvalue weighted by Crippen LogP contribution is -2.38. The summed E-state index contributed by atoms with van der Waals surface area (Å²) < 4.78 is 109. The van der Waals surface area contributed by atoms with Gasteiger partial charge in [-0.05, 0) is 94.2 Å². The van der Waals surface area contributed by atoms with Crippen molar-refractivity contribution in [3.8, 4) is 0 Å². The number of rotatable bonds is 27. The van der Waals surface area contributed by atoms with E-state index in [-0.39, 0.29) is 99.1 Å². The van der Waals surface area contributed by atoms with Crippen LogP contribution in [0.3, 0.4) is 0 Å². The minimum absolute atomic E-state index is 0.00300. The smallest absolute Gasteiger partial charge is 0.274 e. The fourth-order valence-electron chi connectivity index (χ4n) is 16.3. The third kappa shape index (κ3) is 20.7. The molecular weight excluding hydrogens is 1740 g/mol. The summed E-state index contributed by atoms with van der Waals surface area (Å²) >= 11 is 0. The van der Waals surface area contributed by atoms with Crippen LogP contribution in [0.4, 0.5) is 95.6 Å². The lowest BCUT2D eigenvalue weighted by molar-refractivity contribution is 0.00546. The van der Waals surface area contributed by atoms with E-state index in [2.05, 4.69) is 109 Å². The van der Waals surface area contributed by atoms with Crippen molar-refractivity contribution >= 4 is 116 Å². The zero-order valence-electron chi connectivity index (χ0n) is 73.0. The largest absolute Gasteiger partial charge is 0.379 e. The van der Waals surface area contributed by atoms with Gasteiger partial charge in [-0.1, -0.05) is 0 Å². The summed E-state index contributed by atoms with van der Waals surface area (Å²) in [6.07, 6.45) is 17.1. The molecule has 8 aliphatic rings. The molecular formula is C87H101F6N29O11. The molecule has 12 aromatic heterocycles. The van der Waals surface area contributed by atoms with Gasteiger partial charge in [-0.3, -0.25) is 38.4 Å². The summed E-state index contributed by atoms with van der Waals surface area (Å²) in [4.78, 5) is 123. The Balaban J connectivity index is 0.000000124. The van der Waals surface area contributed by atoms with E-state index in [1.54, 1.807) is 121 Å². The van der Waals surface area contributed by atoms with Gasteiger partial charge in [-0.2, -0.15) is 38.5 Å². The van der Waals surface area contributed by atoms with Gasteiger partial charge in [0.05, 0.1) is 86.9 Å². The monoisotopic (exact) mass is 1840 g/mol. The second-order valence-electron chi connectivity index (χ2n) is 33.5. The van der Waals surface area contributed by atoms with Crippen LogP contribution >= 0.6 is 0 Å². The summed E-state index contributed by atoms with van der Waals surface area (Å²) in [6, 6.07) is 16.1. The normalized spacial score (nSPS) is 21.9. The van der Waals surface area contributed by atoms with E-state index in [0.717, 1.165) is 77.1 Å². The maximum Gasteiger partial charge on any atom is 0.274 e. The van der Waals surface area contributed by atoms with Gasteiger partial charge in [0.2, 0.25) is 0 Å². The lowest BCUT2D eigenvalue weighted by Gasteiger charge is -2.32. The summed E-state index contributed by atoms with van der Waals surface area (Å²) in [5.41, 5.74) is 2.03. The number of nitrogens with zero attached hydrogens (tertiary/aromatic N) is 17. The molecule has 0 bridgehead atoms. The molecule has 11 atom stereocenters. The number of nitrogens with one attached hydrogen (secondary N) is 12. The number of hydrogen-bond acceptors (Lipinski definition) is 28. The summed E-state index contributed by atoms with van der Waals surface area (Å²) in [6.45, 7) is 4.95. The topological polar surface area (TPSA) is 452 Å². The van der Waals surface area contributed by atoms with Gasteiger partial charge in [0.25, 0.3) is 45.9 Å². The van der Waals surface area contributed by atoms with Gasteiger partial charge in [-0.15, -0.1) is 0 Å². The highest BCUT2D eigenvalue weighted by atomic mass is 19.2. The van der Waals surface area contributed by atoms with E-state index < -0.39 is 83.9 Å². The van der Waals surface area contributed by atoms with Crippen molar-refractivity contribution in [3.05, 3.63) is 186 Å². The lowest BCUT2D eigenvalue weighted by atomic mass is 10.0. The molecule has 4 aliphatic carbocycles. The van der Waals surface area contributed by atoms with Gasteiger partial charge in [0, 0.05) is 154 Å². The molecule has 702 valence electrons. The molecule has 12 N–H and O–H groups in total. The molecule has 0 radical (unpaired) electrons. The number of amides is 4. The summed E-state index contributed by atoms with van der Waals surface area (Å²) in [7, 11) is 6.81. The molecule has 0 unspecified atom stereocenters. The first-order valence-corrected chi connectivity index (χ1v) is 44.2. The first kappa shape index (κ1) is 90.9. The Bertz CT molecular complexity index is 6550. The number of fused-ring (bicyclic) bond motifs is 4. The van der Waals surface area contributed by atoms with Crippen molar-refractivity contribution in [1.29, 1.82) is 0 Å². The van der Waals surface area contributed by atoms with Crippen LogP contribution in [0.25, 0.3) is 22.6 Å².